The molecule has 1 aromatic heterocycles. The normalized spacial score (nSPS) is 17.7. The third-order valence-electron chi connectivity index (χ3n) is 6.85. The van der Waals surface area contributed by atoms with Crippen LogP contribution in [0.3, 0.4) is 0 Å². The van der Waals surface area contributed by atoms with Gasteiger partial charge >= 0.3 is 5.69 Å². The molecular formula is C27H29FN4O3. The zero-order valence-electron chi connectivity index (χ0n) is 19.8. The van der Waals surface area contributed by atoms with Crippen LogP contribution in [-0.2, 0) is 11.3 Å². The second-order valence-corrected chi connectivity index (χ2v) is 9.57. The van der Waals surface area contributed by atoms with Crippen LogP contribution in [0.4, 0.5) is 4.39 Å². The van der Waals surface area contributed by atoms with Gasteiger partial charge in [-0.15, -0.1) is 9.78 Å². The number of likely N-dealkylation sites (tertiary alicyclic amines) is 1. The van der Waals surface area contributed by atoms with E-state index in [2.05, 4.69) is 5.10 Å². The number of rotatable bonds is 7. The van der Waals surface area contributed by atoms with Gasteiger partial charge in [-0.3, -0.25) is 14.2 Å². The Labute approximate surface area is 203 Å². The van der Waals surface area contributed by atoms with Crippen LogP contribution in [0.25, 0.3) is 22.5 Å². The summed E-state index contributed by atoms with van der Waals surface area (Å²) < 4.78 is 15.8. The highest BCUT2D eigenvalue weighted by atomic mass is 19.1. The Morgan fingerprint density at radius 2 is 1.60 bits per heavy atom. The van der Waals surface area contributed by atoms with E-state index in [1.54, 1.807) is 16.7 Å². The van der Waals surface area contributed by atoms with Crippen LogP contribution >= 0.6 is 0 Å². The highest BCUT2D eigenvalue weighted by Crippen LogP contribution is 2.33. The van der Waals surface area contributed by atoms with Crippen molar-refractivity contribution in [3.63, 3.8) is 0 Å². The lowest BCUT2D eigenvalue weighted by Crippen LogP contribution is -2.33. The van der Waals surface area contributed by atoms with Gasteiger partial charge in [-0.05, 0) is 54.9 Å². The van der Waals surface area contributed by atoms with Gasteiger partial charge in [0.25, 0.3) is 5.91 Å². The first kappa shape index (κ1) is 23.2. The van der Waals surface area contributed by atoms with Crippen LogP contribution in [-0.4, -0.2) is 44.2 Å². The molecule has 2 aromatic carbocycles. The third-order valence-corrected chi connectivity index (χ3v) is 6.85. The SMILES string of the molecule is CCCC(=O)n1nc(-c2ccc(-c3ccc(F)cc3)cc2)n(C[C@@H]2CCN(C(=O)C3CC3)C2)c1=O. The zero-order valence-corrected chi connectivity index (χ0v) is 19.8. The van der Waals surface area contributed by atoms with Crippen molar-refractivity contribution in [3.05, 3.63) is 64.8 Å². The summed E-state index contributed by atoms with van der Waals surface area (Å²) >= 11 is 0. The van der Waals surface area contributed by atoms with Gasteiger partial charge in [-0.2, -0.15) is 0 Å². The first-order valence-electron chi connectivity index (χ1n) is 12.3. The van der Waals surface area contributed by atoms with E-state index in [0.29, 0.717) is 31.9 Å². The van der Waals surface area contributed by atoms with E-state index in [1.165, 1.54) is 12.1 Å². The van der Waals surface area contributed by atoms with Crippen molar-refractivity contribution in [3.8, 4) is 22.5 Å². The summed E-state index contributed by atoms with van der Waals surface area (Å²) in [7, 11) is 0. The van der Waals surface area contributed by atoms with Crippen LogP contribution in [0.15, 0.2) is 53.3 Å². The lowest BCUT2D eigenvalue weighted by atomic mass is 10.0. The van der Waals surface area contributed by atoms with Gasteiger partial charge in [-0.1, -0.05) is 43.3 Å². The molecule has 35 heavy (non-hydrogen) atoms. The summed E-state index contributed by atoms with van der Waals surface area (Å²) in [5, 5.41) is 4.43. The Hall–Kier alpha value is -3.55. The van der Waals surface area contributed by atoms with Gasteiger partial charge in [0.2, 0.25) is 5.91 Å². The molecular weight excluding hydrogens is 447 g/mol. The third kappa shape index (κ3) is 4.83. The maximum atomic E-state index is 13.3. The molecule has 0 N–H and O–H groups in total. The number of aromatic nitrogens is 3. The van der Waals surface area contributed by atoms with Crippen LogP contribution in [0.5, 0.6) is 0 Å². The molecule has 1 aliphatic carbocycles. The van der Waals surface area contributed by atoms with E-state index < -0.39 is 5.69 Å². The lowest BCUT2D eigenvalue weighted by Gasteiger charge is -2.16. The molecule has 1 saturated heterocycles. The Morgan fingerprint density at radius 1 is 0.971 bits per heavy atom. The number of hydrogen-bond acceptors (Lipinski definition) is 4. The quantitative estimate of drug-likeness (QED) is 0.512. The molecule has 1 aliphatic heterocycles. The van der Waals surface area contributed by atoms with Crippen LogP contribution in [0.1, 0.15) is 43.8 Å². The van der Waals surface area contributed by atoms with Crippen molar-refractivity contribution >= 4 is 11.8 Å². The molecule has 3 aromatic rings. The molecule has 1 saturated carbocycles. The number of nitrogens with zero attached hydrogens (tertiary/aromatic N) is 4. The highest BCUT2D eigenvalue weighted by molar-refractivity contribution is 5.81. The molecule has 0 bridgehead atoms. The minimum Gasteiger partial charge on any atom is -0.342 e. The first-order valence-corrected chi connectivity index (χ1v) is 12.3. The molecule has 2 aliphatic rings. The Bertz CT molecular complexity index is 1290. The monoisotopic (exact) mass is 476 g/mol. The highest BCUT2D eigenvalue weighted by Gasteiger charge is 2.37. The van der Waals surface area contributed by atoms with Crippen molar-refractivity contribution in [2.24, 2.45) is 11.8 Å². The topological polar surface area (TPSA) is 77.2 Å². The maximum absolute atomic E-state index is 13.3. The minimum absolute atomic E-state index is 0.131. The van der Waals surface area contributed by atoms with Crippen LogP contribution < -0.4 is 5.69 Å². The molecule has 182 valence electrons. The van der Waals surface area contributed by atoms with Crippen molar-refractivity contribution in [2.75, 3.05) is 13.1 Å². The number of carbonyl (C=O) groups excluding carboxylic acids is 2. The summed E-state index contributed by atoms with van der Waals surface area (Å²) in [5.41, 5.74) is 2.08. The van der Waals surface area contributed by atoms with Crippen LogP contribution in [0.2, 0.25) is 0 Å². The van der Waals surface area contributed by atoms with Gasteiger partial charge in [-0.25, -0.2) is 9.18 Å². The minimum atomic E-state index is -0.437. The van der Waals surface area contributed by atoms with Gasteiger partial charge in [0.1, 0.15) is 5.82 Å². The number of carbonyl (C=O) groups is 2. The van der Waals surface area contributed by atoms with E-state index in [-0.39, 0.29) is 35.9 Å². The van der Waals surface area contributed by atoms with E-state index in [1.807, 2.05) is 36.1 Å². The molecule has 5 rings (SSSR count). The number of halogens is 1. The van der Waals surface area contributed by atoms with E-state index in [0.717, 1.165) is 40.6 Å². The van der Waals surface area contributed by atoms with Gasteiger partial charge in [0, 0.05) is 37.5 Å². The molecule has 8 heteroatoms. The molecule has 0 radical (unpaired) electrons. The average Bonchev–Trinajstić information content (AvgIpc) is 3.53. The van der Waals surface area contributed by atoms with Gasteiger partial charge < -0.3 is 4.90 Å². The molecule has 2 heterocycles. The van der Waals surface area contributed by atoms with Crippen molar-refractivity contribution in [2.45, 2.75) is 45.6 Å². The molecule has 1 amide bonds. The van der Waals surface area contributed by atoms with Crippen molar-refractivity contribution < 1.29 is 14.0 Å². The summed E-state index contributed by atoms with van der Waals surface area (Å²) in [6.07, 6.45) is 3.64. The average molecular weight is 477 g/mol. The Balaban J connectivity index is 1.43. The lowest BCUT2D eigenvalue weighted by molar-refractivity contribution is -0.131. The van der Waals surface area contributed by atoms with E-state index in [4.69, 9.17) is 0 Å². The standard InChI is InChI=1S/C27H29FN4O3/c1-2-3-24(33)32-27(35)31(17-18-14-15-30(16-18)26(34)22-8-9-22)25(29-32)21-6-4-19(5-7-21)20-10-12-23(28)13-11-20/h4-7,10-13,18,22H,2-3,8-9,14-17H2,1H3/t18-/m1/s1. The van der Waals surface area contributed by atoms with E-state index >= 15 is 0 Å². The second kappa shape index (κ2) is 9.60. The van der Waals surface area contributed by atoms with E-state index in [9.17, 15) is 18.8 Å². The zero-order chi connectivity index (χ0) is 24.5. The van der Waals surface area contributed by atoms with Gasteiger partial charge in [0.05, 0.1) is 0 Å². The first-order chi connectivity index (χ1) is 16.9. The summed E-state index contributed by atoms with van der Waals surface area (Å²) in [4.78, 5) is 40.2. The fourth-order valence-corrected chi connectivity index (χ4v) is 4.74. The fourth-order valence-electron chi connectivity index (χ4n) is 4.74. The summed E-state index contributed by atoms with van der Waals surface area (Å²) in [6.45, 7) is 3.62. The number of amides is 1. The van der Waals surface area contributed by atoms with Gasteiger partial charge in [0.15, 0.2) is 5.82 Å². The van der Waals surface area contributed by atoms with Crippen molar-refractivity contribution in [1.82, 2.24) is 19.2 Å². The molecule has 2 fully saturated rings. The smallest absolute Gasteiger partial charge is 0.342 e. The number of hydrogen-bond donors (Lipinski definition) is 0. The second-order valence-electron chi connectivity index (χ2n) is 9.57. The largest absolute Gasteiger partial charge is 0.353 e. The molecule has 1 atom stereocenters. The molecule has 7 nitrogen and oxygen atoms in total. The number of benzene rings is 2. The fraction of sp³-hybridized carbons (Fsp3) is 0.407. The Morgan fingerprint density at radius 3 is 2.23 bits per heavy atom. The summed E-state index contributed by atoms with van der Waals surface area (Å²) in [6, 6.07) is 13.8. The molecule has 0 spiro atoms. The van der Waals surface area contributed by atoms with Crippen molar-refractivity contribution in [1.29, 1.82) is 0 Å². The maximum Gasteiger partial charge on any atom is 0.353 e. The predicted molar refractivity (Wildman–Crippen MR) is 130 cm³/mol. The molecule has 0 unspecified atom stereocenters. The Kier molecular flexibility index (Phi) is 6.36. The summed E-state index contributed by atoms with van der Waals surface area (Å²) in [5.74, 6) is 0.369. The predicted octanol–water partition coefficient (Wildman–Crippen LogP) is 4.22. The van der Waals surface area contributed by atoms with Crippen LogP contribution in [0, 0.1) is 17.7 Å².